The molecule has 22 heavy (non-hydrogen) atoms. The molecule has 0 aromatic heterocycles. The predicted octanol–water partition coefficient (Wildman–Crippen LogP) is 1.33. The summed E-state index contributed by atoms with van der Waals surface area (Å²) in [6.07, 6.45) is -1.19. The van der Waals surface area contributed by atoms with Gasteiger partial charge in [0, 0.05) is 12.1 Å². The standard InChI is InChI=1S/C14H15ClN2O5/c1-7-8(2-3-9-10(7)6-22-13(9)19)11(5-16-14(20)21)17-12(18)4-15/h2-3,11,16H,4-6H2,1H3,(H,17,18)(H,20,21). The number of alkyl halides is 1. The average Bonchev–Trinajstić information content (AvgIpc) is 2.86. The Morgan fingerprint density at radius 2 is 2.18 bits per heavy atom. The molecule has 0 fully saturated rings. The van der Waals surface area contributed by atoms with Crippen molar-refractivity contribution in [2.75, 3.05) is 12.4 Å². The number of esters is 1. The normalized spacial score (nSPS) is 14.0. The molecule has 1 aliphatic rings. The van der Waals surface area contributed by atoms with E-state index in [4.69, 9.17) is 21.4 Å². The first-order valence-electron chi connectivity index (χ1n) is 6.55. The highest BCUT2D eigenvalue weighted by atomic mass is 35.5. The molecule has 0 radical (unpaired) electrons. The van der Waals surface area contributed by atoms with E-state index in [1.165, 1.54) is 0 Å². The van der Waals surface area contributed by atoms with Crippen LogP contribution in [0.25, 0.3) is 0 Å². The average molecular weight is 327 g/mol. The van der Waals surface area contributed by atoms with Crippen LogP contribution in [0, 0.1) is 6.92 Å². The van der Waals surface area contributed by atoms with Gasteiger partial charge in [-0.25, -0.2) is 9.59 Å². The molecule has 2 rings (SSSR count). The van der Waals surface area contributed by atoms with Crippen LogP contribution in [0.4, 0.5) is 4.79 Å². The minimum atomic E-state index is -1.19. The van der Waals surface area contributed by atoms with E-state index in [1.54, 1.807) is 19.1 Å². The van der Waals surface area contributed by atoms with E-state index in [-0.39, 0.29) is 25.0 Å². The molecule has 1 aromatic rings. The number of fused-ring (bicyclic) bond motifs is 1. The number of halogens is 1. The summed E-state index contributed by atoms with van der Waals surface area (Å²) in [7, 11) is 0. The zero-order chi connectivity index (χ0) is 16.3. The summed E-state index contributed by atoms with van der Waals surface area (Å²) in [5, 5.41) is 13.6. The first kappa shape index (κ1) is 16.1. The molecule has 1 unspecified atom stereocenters. The highest BCUT2D eigenvalue weighted by Gasteiger charge is 2.26. The van der Waals surface area contributed by atoms with Crippen molar-refractivity contribution in [2.24, 2.45) is 0 Å². The second-order valence-electron chi connectivity index (χ2n) is 4.82. The zero-order valence-electron chi connectivity index (χ0n) is 11.8. The van der Waals surface area contributed by atoms with Crippen LogP contribution in [0.5, 0.6) is 0 Å². The molecule has 1 aliphatic heterocycles. The van der Waals surface area contributed by atoms with Crippen LogP contribution in [-0.2, 0) is 16.1 Å². The van der Waals surface area contributed by atoms with Crippen molar-refractivity contribution in [3.05, 3.63) is 34.4 Å². The van der Waals surface area contributed by atoms with Crippen molar-refractivity contribution in [1.82, 2.24) is 10.6 Å². The van der Waals surface area contributed by atoms with Gasteiger partial charge in [-0.3, -0.25) is 4.79 Å². The van der Waals surface area contributed by atoms with E-state index >= 15 is 0 Å². The van der Waals surface area contributed by atoms with Gasteiger partial charge in [-0.05, 0) is 24.1 Å². The number of hydrogen-bond acceptors (Lipinski definition) is 4. The van der Waals surface area contributed by atoms with Crippen LogP contribution < -0.4 is 10.6 Å². The SMILES string of the molecule is Cc1c(C(CNC(=O)O)NC(=O)CCl)ccc2c1COC2=O. The molecule has 1 atom stereocenters. The minimum Gasteiger partial charge on any atom is -0.465 e. The Bertz CT molecular complexity index is 632. The highest BCUT2D eigenvalue weighted by Crippen LogP contribution is 2.29. The molecule has 0 aliphatic carbocycles. The zero-order valence-corrected chi connectivity index (χ0v) is 12.6. The van der Waals surface area contributed by atoms with Crippen LogP contribution in [0.2, 0.25) is 0 Å². The van der Waals surface area contributed by atoms with Gasteiger partial charge < -0.3 is 20.5 Å². The second kappa shape index (κ2) is 6.65. The van der Waals surface area contributed by atoms with Gasteiger partial charge in [-0.2, -0.15) is 0 Å². The summed E-state index contributed by atoms with van der Waals surface area (Å²) in [6, 6.07) is 2.72. The van der Waals surface area contributed by atoms with Crippen molar-refractivity contribution in [2.45, 2.75) is 19.6 Å². The maximum atomic E-state index is 11.5. The first-order chi connectivity index (χ1) is 10.4. The summed E-state index contributed by atoms with van der Waals surface area (Å²) in [5.41, 5.74) is 2.75. The third-order valence-corrected chi connectivity index (χ3v) is 3.74. The van der Waals surface area contributed by atoms with Crippen molar-refractivity contribution in [1.29, 1.82) is 0 Å². The van der Waals surface area contributed by atoms with Gasteiger partial charge in [0.1, 0.15) is 12.5 Å². The molecule has 2 amide bonds. The number of carboxylic acid groups (broad SMARTS) is 1. The summed E-state index contributed by atoms with van der Waals surface area (Å²) in [5.74, 6) is -1.02. The van der Waals surface area contributed by atoms with Gasteiger partial charge in [-0.1, -0.05) is 6.07 Å². The van der Waals surface area contributed by atoms with E-state index < -0.39 is 18.0 Å². The van der Waals surface area contributed by atoms with E-state index in [9.17, 15) is 14.4 Å². The van der Waals surface area contributed by atoms with E-state index in [0.717, 1.165) is 11.1 Å². The number of carbonyl (C=O) groups is 3. The third kappa shape index (κ3) is 3.30. The van der Waals surface area contributed by atoms with Crippen LogP contribution in [0.3, 0.4) is 0 Å². The Kier molecular flexibility index (Phi) is 4.87. The quantitative estimate of drug-likeness (QED) is 0.559. The lowest BCUT2D eigenvalue weighted by Gasteiger charge is -2.21. The van der Waals surface area contributed by atoms with Crippen molar-refractivity contribution in [3.8, 4) is 0 Å². The van der Waals surface area contributed by atoms with Gasteiger partial charge in [0.2, 0.25) is 5.91 Å². The molecule has 1 heterocycles. The number of nitrogens with one attached hydrogen (secondary N) is 2. The first-order valence-corrected chi connectivity index (χ1v) is 7.09. The largest absolute Gasteiger partial charge is 0.465 e. The van der Waals surface area contributed by atoms with Crippen molar-refractivity contribution in [3.63, 3.8) is 0 Å². The Morgan fingerprint density at radius 3 is 2.82 bits per heavy atom. The lowest BCUT2D eigenvalue weighted by atomic mass is 9.94. The monoisotopic (exact) mass is 326 g/mol. The molecule has 8 heteroatoms. The van der Waals surface area contributed by atoms with Gasteiger partial charge in [0.05, 0.1) is 11.6 Å². The number of hydrogen-bond donors (Lipinski definition) is 3. The number of amides is 2. The van der Waals surface area contributed by atoms with E-state index in [2.05, 4.69) is 10.6 Å². The van der Waals surface area contributed by atoms with Gasteiger partial charge in [0.25, 0.3) is 0 Å². The number of benzene rings is 1. The molecule has 3 N–H and O–H groups in total. The van der Waals surface area contributed by atoms with Crippen LogP contribution in [0.1, 0.15) is 33.1 Å². The fourth-order valence-electron chi connectivity index (χ4n) is 2.41. The Hall–Kier alpha value is -2.28. The van der Waals surface area contributed by atoms with Gasteiger partial charge in [0.15, 0.2) is 0 Å². The summed E-state index contributed by atoms with van der Waals surface area (Å²) in [6.45, 7) is 1.97. The number of rotatable bonds is 5. The minimum absolute atomic E-state index is 0.00755. The van der Waals surface area contributed by atoms with Crippen LogP contribution >= 0.6 is 11.6 Å². The molecule has 1 aromatic carbocycles. The smallest absolute Gasteiger partial charge is 0.404 e. The van der Waals surface area contributed by atoms with Crippen LogP contribution in [-0.4, -0.2) is 35.5 Å². The Labute approximate surface area is 131 Å². The number of ether oxygens (including phenoxy) is 1. The summed E-state index contributed by atoms with van der Waals surface area (Å²) in [4.78, 5) is 33.8. The molecular weight excluding hydrogens is 312 g/mol. The molecule has 7 nitrogen and oxygen atoms in total. The van der Waals surface area contributed by atoms with Crippen LogP contribution in [0.15, 0.2) is 12.1 Å². The summed E-state index contributed by atoms with van der Waals surface area (Å²) < 4.78 is 4.98. The fourth-order valence-corrected chi connectivity index (χ4v) is 2.48. The third-order valence-electron chi connectivity index (χ3n) is 3.50. The topological polar surface area (TPSA) is 105 Å². The van der Waals surface area contributed by atoms with Crippen molar-refractivity contribution >= 4 is 29.6 Å². The Morgan fingerprint density at radius 1 is 1.45 bits per heavy atom. The van der Waals surface area contributed by atoms with E-state index in [1.807, 2.05) is 0 Å². The molecule has 0 saturated carbocycles. The van der Waals surface area contributed by atoms with Crippen molar-refractivity contribution < 1.29 is 24.2 Å². The molecule has 0 saturated heterocycles. The Balaban J connectivity index is 2.32. The highest BCUT2D eigenvalue weighted by molar-refractivity contribution is 6.27. The maximum absolute atomic E-state index is 11.5. The fraction of sp³-hybridized carbons (Fsp3) is 0.357. The predicted molar refractivity (Wildman–Crippen MR) is 77.9 cm³/mol. The summed E-state index contributed by atoms with van der Waals surface area (Å²) >= 11 is 5.49. The lowest BCUT2D eigenvalue weighted by molar-refractivity contribution is -0.119. The number of carbonyl (C=O) groups excluding carboxylic acids is 2. The van der Waals surface area contributed by atoms with Gasteiger partial charge in [-0.15, -0.1) is 11.6 Å². The number of cyclic esters (lactones) is 1. The molecular formula is C14H15ClN2O5. The van der Waals surface area contributed by atoms with Gasteiger partial charge >= 0.3 is 12.1 Å². The lowest BCUT2D eigenvalue weighted by Crippen LogP contribution is -2.38. The molecule has 0 spiro atoms. The molecule has 0 bridgehead atoms. The maximum Gasteiger partial charge on any atom is 0.404 e. The van der Waals surface area contributed by atoms with E-state index in [0.29, 0.717) is 11.1 Å². The molecule has 118 valence electrons. The second-order valence-corrected chi connectivity index (χ2v) is 5.09.